The lowest BCUT2D eigenvalue weighted by atomic mass is 9.90. The Hall–Kier alpha value is -4.84. The molecule has 0 spiro atoms. The third kappa shape index (κ3) is 5.89. The van der Waals surface area contributed by atoms with E-state index in [0.717, 1.165) is 32.4 Å². The molecule has 7 rings (SSSR count). The molecule has 0 bridgehead atoms. The van der Waals surface area contributed by atoms with Crippen molar-refractivity contribution in [2.75, 3.05) is 13.7 Å². The van der Waals surface area contributed by atoms with E-state index >= 15 is 0 Å². The summed E-state index contributed by atoms with van der Waals surface area (Å²) < 4.78 is 58.6. The normalized spacial score (nSPS) is 15.0. The van der Waals surface area contributed by atoms with Crippen molar-refractivity contribution >= 4 is 68.3 Å². The number of carbonyl (C=O) groups excluding carboxylic acids is 1. The van der Waals surface area contributed by atoms with Crippen molar-refractivity contribution in [3.8, 4) is 5.75 Å². The fourth-order valence-electron chi connectivity index (χ4n) is 6.35. The van der Waals surface area contributed by atoms with Crippen LogP contribution in [0.1, 0.15) is 29.7 Å². The average molecular weight is 737 g/mol. The van der Waals surface area contributed by atoms with Gasteiger partial charge in [-0.05, 0) is 53.6 Å². The van der Waals surface area contributed by atoms with Crippen molar-refractivity contribution < 1.29 is 27.4 Å². The maximum atomic E-state index is 14.8. The van der Waals surface area contributed by atoms with Gasteiger partial charge in [-0.2, -0.15) is 13.2 Å². The zero-order valence-electron chi connectivity index (χ0n) is 26.4. The third-order valence-electron chi connectivity index (χ3n) is 8.46. The number of nitrogens with zero attached hydrogens (tertiary/aromatic N) is 3. The average Bonchev–Trinajstić information content (AvgIpc) is 3.60. The van der Waals surface area contributed by atoms with Crippen LogP contribution in [0.2, 0.25) is 10.0 Å². The van der Waals surface area contributed by atoms with Crippen LogP contribution < -0.4 is 19.6 Å². The highest BCUT2D eigenvalue weighted by Gasteiger charge is 2.46. The number of esters is 1. The number of halogens is 5. The summed E-state index contributed by atoms with van der Waals surface area (Å²) in [6.07, 6.45) is -1.55. The second-order valence-corrected chi connectivity index (χ2v) is 13.3. The molecular weight excluding hydrogens is 710 g/mol. The molecule has 4 aromatic carbocycles. The molecule has 3 heterocycles. The van der Waals surface area contributed by atoms with Gasteiger partial charge in [0.1, 0.15) is 11.8 Å². The van der Waals surface area contributed by atoms with Gasteiger partial charge in [-0.15, -0.1) is 0 Å². The molecule has 13 heteroatoms. The lowest BCUT2D eigenvalue weighted by molar-refractivity contribution is -0.140. The topological polar surface area (TPSA) is 74.8 Å². The summed E-state index contributed by atoms with van der Waals surface area (Å²) in [6, 6.07) is 21.7. The highest BCUT2D eigenvalue weighted by molar-refractivity contribution is 7.07. The van der Waals surface area contributed by atoms with Crippen molar-refractivity contribution in [3.63, 3.8) is 0 Å². The Balaban J connectivity index is 1.49. The summed E-state index contributed by atoms with van der Waals surface area (Å²) in [5.41, 5.74) is -0.241. The van der Waals surface area contributed by atoms with Gasteiger partial charge >= 0.3 is 12.1 Å². The molecule has 6 aromatic rings. The van der Waals surface area contributed by atoms with E-state index in [0.29, 0.717) is 32.9 Å². The second kappa shape index (κ2) is 13.1. The number of hydrogen-bond donors (Lipinski definition) is 0. The number of fused-ring (bicyclic) bond motifs is 3. The summed E-state index contributed by atoms with van der Waals surface area (Å²) in [5, 5.41) is 2.84. The number of methoxy groups -OCH3 is 1. The summed E-state index contributed by atoms with van der Waals surface area (Å²) in [6.45, 7) is 1.74. The first-order valence-corrected chi connectivity index (χ1v) is 16.9. The second-order valence-electron chi connectivity index (χ2n) is 11.4. The van der Waals surface area contributed by atoms with Gasteiger partial charge < -0.3 is 14.0 Å². The molecule has 0 saturated heterocycles. The number of benzene rings is 4. The maximum Gasteiger partial charge on any atom is 0.434 e. The van der Waals surface area contributed by atoms with Crippen LogP contribution in [0.3, 0.4) is 0 Å². The van der Waals surface area contributed by atoms with E-state index in [1.807, 2.05) is 41.1 Å². The molecule has 0 saturated carbocycles. The molecule has 0 unspecified atom stereocenters. The third-order valence-corrected chi connectivity index (χ3v) is 10.2. The van der Waals surface area contributed by atoms with E-state index in [2.05, 4.69) is 4.99 Å². The van der Waals surface area contributed by atoms with Crippen molar-refractivity contribution in [2.45, 2.75) is 25.7 Å². The number of thiazole rings is 1. The van der Waals surface area contributed by atoms with Gasteiger partial charge in [0.25, 0.3) is 5.56 Å². The number of ether oxygens (including phenoxy) is 2. The molecule has 0 fully saturated rings. The molecule has 50 heavy (non-hydrogen) atoms. The molecule has 1 atom stereocenters. The molecule has 254 valence electrons. The SMILES string of the molecule is CCOC(=O)C1=C(C(F)(F)F)N=c2s/c(=C/c3cn(Cc4ccc(Cl)c(Cl)c4)c4ccccc34)c(=O)n2[C@H]1c1c(OC)ccc2ccccc12. The van der Waals surface area contributed by atoms with Crippen LogP contribution in [-0.4, -0.2) is 35.0 Å². The summed E-state index contributed by atoms with van der Waals surface area (Å²) >= 11 is 13.2. The Morgan fingerprint density at radius 3 is 2.46 bits per heavy atom. The number of aromatic nitrogens is 2. The Morgan fingerprint density at radius 2 is 1.74 bits per heavy atom. The zero-order chi connectivity index (χ0) is 35.3. The first-order chi connectivity index (χ1) is 24.0. The van der Waals surface area contributed by atoms with Crippen molar-refractivity contribution in [2.24, 2.45) is 4.99 Å². The van der Waals surface area contributed by atoms with Crippen LogP contribution in [0.5, 0.6) is 5.75 Å². The van der Waals surface area contributed by atoms with Crippen LogP contribution >= 0.6 is 34.5 Å². The van der Waals surface area contributed by atoms with Gasteiger partial charge in [0.15, 0.2) is 10.5 Å². The Kier molecular flexibility index (Phi) is 8.83. The first-order valence-electron chi connectivity index (χ1n) is 15.4. The van der Waals surface area contributed by atoms with E-state index in [1.165, 1.54) is 14.0 Å². The monoisotopic (exact) mass is 735 g/mol. The maximum absolute atomic E-state index is 14.8. The number of allylic oxidation sites excluding steroid dienone is 1. The Morgan fingerprint density at radius 1 is 1.00 bits per heavy atom. The summed E-state index contributed by atoms with van der Waals surface area (Å²) in [7, 11) is 1.38. The highest BCUT2D eigenvalue weighted by atomic mass is 35.5. The first kappa shape index (κ1) is 33.6. The van der Waals surface area contributed by atoms with E-state index in [-0.39, 0.29) is 27.3 Å². The minimum atomic E-state index is -5.05. The summed E-state index contributed by atoms with van der Waals surface area (Å²) in [5.74, 6) is -1.04. The molecule has 0 aliphatic carbocycles. The van der Waals surface area contributed by atoms with Crippen LogP contribution in [0, 0.1) is 0 Å². The van der Waals surface area contributed by atoms with Gasteiger partial charge in [0.05, 0.1) is 33.9 Å². The predicted octanol–water partition coefficient (Wildman–Crippen LogP) is 7.81. The number of rotatable bonds is 7. The lowest BCUT2D eigenvalue weighted by Crippen LogP contribution is -2.41. The minimum Gasteiger partial charge on any atom is -0.496 e. The fourth-order valence-corrected chi connectivity index (χ4v) is 7.66. The van der Waals surface area contributed by atoms with Crippen LogP contribution in [-0.2, 0) is 16.1 Å². The van der Waals surface area contributed by atoms with E-state index in [1.54, 1.807) is 54.6 Å². The standard InChI is InChI=1S/C37H26Cl2F3N3O4S/c1-3-49-35(47)31-32(30-24-10-5-4-8-21(24)13-15-28(30)48-2)45-34(46)29(50-36(45)43-33(31)37(40,41)42)17-22-19-44(27-11-7-6-9-23(22)27)18-20-12-14-25(38)26(39)16-20/h4-17,19,32H,3,18H2,1-2H3/b29-17+/t32-/m0/s1. The Bertz CT molecular complexity index is 2550. The zero-order valence-corrected chi connectivity index (χ0v) is 28.8. The fraction of sp³-hybridized carbons (Fsp3) is 0.162. The predicted molar refractivity (Wildman–Crippen MR) is 189 cm³/mol. The minimum absolute atomic E-state index is 0.122. The van der Waals surface area contributed by atoms with Crippen molar-refractivity contribution in [1.29, 1.82) is 0 Å². The van der Waals surface area contributed by atoms with Crippen molar-refractivity contribution in [3.05, 3.63) is 143 Å². The molecule has 0 N–H and O–H groups in total. The number of alkyl halides is 3. The van der Waals surface area contributed by atoms with Gasteiger partial charge in [-0.3, -0.25) is 9.36 Å². The van der Waals surface area contributed by atoms with Crippen molar-refractivity contribution in [1.82, 2.24) is 9.13 Å². The van der Waals surface area contributed by atoms with Gasteiger partial charge in [0.2, 0.25) is 0 Å². The highest BCUT2D eigenvalue weighted by Crippen LogP contribution is 2.43. The lowest BCUT2D eigenvalue weighted by Gasteiger charge is -2.28. The molecule has 1 aliphatic rings. The van der Waals surface area contributed by atoms with Gasteiger partial charge in [0, 0.05) is 34.8 Å². The van der Waals surface area contributed by atoms with Crippen LogP contribution in [0.15, 0.2) is 106 Å². The molecule has 7 nitrogen and oxygen atoms in total. The van der Waals surface area contributed by atoms with Crippen LogP contribution in [0.25, 0.3) is 27.8 Å². The molecule has 1 aliphatic heterocycles. The van der Waals surface area contributed by atoms with E-state index in [4.69, 9.17) is 32.7 Å². The number of carbonyl (C=O) groups is 1. The Labute approximate surface area is 296 Å². The summed E-state index contributed by atoms with van der Waals surface area (Å²) in [4.78, 5) is 31.7. The molecule has 2 aromatic heterocycles. The molecule has 0 amide bonds. The van der Waals surface area contributed by atoms with Crippen LogP contribution in [0.4, 0.5) is 13.2 Å². The molecular formula is C37H26Cl2F3N3O4S. The van der Waals surface area contributed by atoms with Gasteiger partial charge in [-0.25, -0.2) is 9.79 Å². The smallest absolute Gasteiger partial charge is 0.434 e. The van der Waals surface area contributed by atoms with E-state index in [9.17, 15) is 22.8 Å². The largest absolute Gasteiger partial charge is 0.496 e. The number of hydrogen-bond acceptors (Lipinski definition) is 6. The van der Waals surface area contributed by atoms with E-state index < -0.39 is 35.0 Å². The molecule has 0 radical (unpaired) electrons. The van der Waals surface area contributed by atoms with Gasteiger partial charge in [-0.1, -0.05) is 89.1 Å². The number of para-hydroxylation sites is 1. The quantitative estimate of drug-likeness (QED) is 0.157.